The van der Waals surface area contributed by atoms with Crippen molar-refractivity contribution in [2.45, 2.75) is 20.8 Å². The topological polar surface area (TPSA) is 43.4 Å². The molecule has 0 aromatic rings. The second kappa shape index (κ2) is 17.1. The molecule has 64 valence electrons. The van der Waals surface area contributed by atoms with E-state index >= 15 is 0 Å². The number of hydrogen-bond acceptors (Lipinski definition) is 3. The molecule has 0 aliphatic rings. The second-order valence-electron chi connectivity index (χ2n) is 1.63. The van der Waals surface area contributed by atoms with Crippen LogP contribution >= 0.6 is 0 Å². The van der Waals surface area contributed by atoms with E-state index in [9.17, 15) is 0 Å². The van der Waals surface area contributed by atoms with E-state index in [1.165, 1.54) is 0 Å². The van der Waals surface area contributed by atoms with Crippen LogP contribution in [-0.2, 0) is 4.79 Å². The van der Waals surface area contributed by atoms with Gasteiger partial charge in [0.25, 0.3) is 0 Å². The molecule has 0 radical (unpaired) electrons. The van der Waals surface area contributed by atoms with Crippen LogP contribution < -0.4 is 34.7 Å². The molecule has 0 saturated carbocycles. The Bertz CT molecular complexity index is 136. The number of hydrogen-bond donors (Lipinski definition) is 0. The predicted molar refractivity (Wildman–Crippen MR) is 42.4 cm³/mol. The third-order valence-corrected chi connectivity index (χ3v) is 1.03. The molecule has 0 N–H and O–H groups in total. The average molecular weight is 179 g/mol. The van der Waals surface area contributed by atoms with Gasteiger partial charge >= 0.3 is 29.6 Å². The van der Waals surface area contributed by atoms with Crippen molar-refractivity contribution in [2.24, 2.45) is 0 Å². The third-order valence-electron chi connectivity index (χ3n) is 1.03. The summed E-state index contributed by atoms with van der Waals surface area (Å²) in [6, 6.07) is 2.97. The minimum Gasteiger partial charge on any atom is -0.554 e. The number of rotatable bonds is 2. The summed E-state index contributed by atoms with van der Waals surface area (Å²) < 4.78 is 0. The van der Waals surface area contributed by atoms with Crippen LogP contribution in [0.25, 0.3) is 0 Å². The van der Waals surface area contributed by atoms with Gasteiger partial charge in [0, 0.05) is 25.6 Å². The van der Waals surface area contributed by atoms with Crippen LogP contribution in [0.2, 0.25) is 0 Å². The number of nitrogens with zero attached hydrogens (tertiary/aromatic N) is 1. The van der Waals surface area contributed by atoms with Crippen LogP contribution in [0.1, 0.15) is 20.8 Å². The van der Waals surface area contributed by atoms with Crippen LogP contribution in [0.3, 0.4) is 0 Å². The van der Waals surface area contributed by atoms with E-state index in [2.05, 4.69) is 30.7 Å². The van der Waals surface area contributed by atoms with E-state index in [4.69, 9.17) is 9.90 Å². The first-order chi connectivity index (χ1) is 5.26. The molecule has 0 atom stereocenters. The summed E-state index contributed by atoms with van der Waals surface area (Å²) in [5.74, 6) is 2.85. The van der Waals surface area contributed by atoms with Crippen molar-refractivity contribution in [1.82, 2.24) is 4.90 Å². The van der Waals surface area contributed by atoms with Gasteiger partial charge in [0.05, 0.1) is 0 Å². The minimum absolute atomic E-state index is 0. The molecule has 0 bridgehead atoms. The molecular formula is C8H14NNaO2. The molecule has 12 heavy (non-hydrogen) atoms. The maximum atomic E-state index is 8.25. The molecule has 0 aliphatic heterocycles. The molecular weight excluding hydrogens is 165 g/mol. The van der Waals surface area contributed by atoms with Crippen molar-refractivity contribution in [3.05, 3.63) is 0 Å². The van der Waals surface area contributed by atoms with Crippen molar-refractivity contribution in [3.63, 3.8) is 0 Å². The van der Waals surface area contributed by atoms with E-state index < -0.39 is 6.47 Å². The van der Waals surface area contributed by atoms with Crippen molar-refractivity contribution in [2.75, 3.05) is 13.1 Å². The average Bonchev–Trinajstić information content (AvgIpc) is 2.02. The van der Waals surface area contributed by atoms with Gasteiger partial charge in [-0.1, -0.05) is 5.92 Å². The van der Waals surface area contributed by atoms with Crippen LogP contribution in [-0.4, -0.2) is 24.5 Å². The summed E-state index contributed by atoms with van der Waals surface area (Å²) in [6.45, 7) is 7.62. The zero-order chi connectivity index (χ0) is 9.11. The number of carbonyl (C=O) groups excluding carboxylic acids is 1. The van der Waals surface area contributed by atoms with Gasteiger partial charge in [-0.25, -0.2) is 0 Å². The van der Waals surface area contributed by atoms with Gasteiger partial charge < -0.3 is 14.8 Å². The van der Waals surface area contributed by atoms with Gasteiger partial charge in [-0.3, -0.25) is 0 Å². The van der Waals surface area contributed by atoms with Gasteiger partial charge in [-0.2, -0.15) is 0 Å². The first-order valence-electron chi connectivity index (χ1n) is 3.49. The fraction of sp³-hybridized carbons (Fsp3) is 0.625. The Morgan fingerprint density at radius 2 is 1.75 bits per heavy atom. The molecule has 0 unspecified atom stereocenters. The largest absolute Gasteiger partial charge is 1.00 e. The summed E-state index contributed by atoms with van der Waals surface area (Å²) in [7, 11) is 0. The summed E-state index contributed by atoms with van der Waals surface area (Å²) in [6.07, 6.45) is 0. The molecule has 0 saturated heterocycles. The van der Waals surface area contributed by atoms with Crippen molar-refractivity contribution in [3.8, 4) is 12.0 Å². The standard InChI is InChI=1S/C7H13N.CH2O2.Na/c1-4-7-8(5-2)6-3;2-1-3;/h5-6H2,1-3H3;1H,(H,2,3);/q;;+1/p-1. The maximum Gasteiger partial charge on any atom is 1.00 e. The molecule has 0 aromatic heterocycles. The molecule has 0 aromatic carbocycles. The van der Waals surface area contributed by atoms with E-state index in [-0.39, 0.29) is 29.6 Å². The van der Waals surface area contributed by atoms with Gasteiger partial charge in [0.15, 0.2) is 0 Å². The Morgan fingerprint density at radius 1 is 1.42 bits per heavy atom. The Balaban J connectivity index is -0.000000177. The molecule has 0 aliphatic carbocycles. The van der Waals surface area contributed by atoms with E-state index in [1.807, 2.05) is 6.92 Å². The second-order valence-corrected chi connectivity index (χ2v) is 1.63. The summed E-state index contributed by atoms with van der Waals surface area (Å²) in [5.41, 5.74) is 0. The molecule has 0 heterocycles. The van der Waals surface area contributed by atoms with Gasteiger partial charge in [0.1, 0.15) is 0 Å². The molecule has 0 rings (SSSR count). The summed E-state index contributed by atoms with van der Waals surface area (Å²) in [5, 5.41) is 8.25. The summed E-state index contributed by atoms with van der Waals surface area (Å²) >= 11 is 0. The molecule has 4 heteroatoms. The molecule has 3 nitrogen and oxygen atoms in total. The first kappa shape index (κ1) is 17.8. The number of carbonyl (C=O) groups is 1. The van der Waals surface area contributed by atoms with Crippen LogP contribution in [0, 0.1) is 12.0 Å². The fourth-order valence-corrected chi connectivity index (χ4v) is 0.540. The Kier molecular flexibility index (Phi) is 25.3. The quantitative estimate of drug-likeness (QED) is 0.193. The number of carboxylic acid groups (broad SMARTS) is 1. The molecule has 0 amide bonds. The monoisotopic (exact) mass is 179 g/mol. The zero-order valence-corrected chi connectivity index (χ0v) is 10.3. The smallest absolute Gasteiger partial charge is 0.554 e. The zero-order valence-electron chi connectivity index (χ0n) is 8.26. The van der Waals surface area contributed by atoms with Gasteiger partial charge in [0.2, 0.25) is 0 Å². The SMILES string of the molecule is CC#CN(CC)CC.O=C[O-].[Na+]. The summed E-state index contributed by atoms with van der Waals surface area (Å²) in [4.78, 5) is 10.3. The van der Waals surface area contributed by atoms with Gasteiger partial charge in [-0.05, 0) is 20.8 Å². The Labute approximate surface area is 96.4 Å². The van der Waals surface area contributed by atoms with E-state index in [0.717, 1.165) is 13.1 Å². The van der Waals surface area contributed by atoms with Crippen LogP contribution in [0.15, 0.2) is 0 Å². The van der Waals surface area contributed by atoms with E-state index in [0.29, 0.717) is 0 Å². The van der Waals surface area contributed by atoms with E-state index in [1.54, 1.807) is 0 Å². The van der Waals surface area contributed by atoms with Gasteiger partial charge in [-0.15, -0.1) is 0 Å². The van der Waals surface area contributed by atoms with Crippen molar-refractivity contribution < 1.29 is 39.5 Å². The van der Waals surface area contributed by atoms with Crippen molar-refractivity contribution >= 4 is 6.47 Å². The maximum absolute atomic E-state index is 8.25. The van der Waals surface area contributed by atoms with Crippen LogP contribution in [0.4, 0.5) is 0 Å². The molecule has 0 fully saturated rings. The third kappa shape index (κ3) is 16.4. The first-order valence-corrected chi connectivity index (χ1v) is 3.49. The molecule has 0 spiro atoms. The fourth-order valence-electron chi connectivity index (χ4n) is 0.540. The normalized spacial score (nSPS) is 5.92. The predicted octanol–water partition coefficient (Wildman–Crippen LogP) is -3.32. The van der Waals surface area contributed by atoms with Crippen molar-refractivity contribution in [1.29, 1.82) is 0 Å². The Morgan fingerprint density at radius 3 is 1.83 bits per heavy atom. The van der Waals surface area contributed by atoms with Crippen LogP contribution in [0.5, 0.6) is 0 Å². The Hall–Kier alpha value is -0.170. The minimum atomic E-state index is -0.500.